The molecule has 104 valence electrons. The van der Waals surface area contributed by atoms with Crippen LogP contribution in [-0.2, 0) is 13.0 Å². The van der Waals surface area contributed by atoms with Crippen LogP contribution in [0.5, 0.6) is 0 Å². The number of nitrogens with one attached hydrogen (secondary N) is 1. The Morgan fingerprint density at radius 1 is 1.30 bits per heavy atom. The van der Waals surface area contributed by atoms with Gasteiger partial charge >= 0.3 is 5.97 Å². The molecule has 0 atom stereocenters. The maximum absolute atomic E-state index is 12.0. The van der Waals surface area contributed by atoms with Gasteiger partial charge in [0.2, 0.25) is 0 Å². The Hall–Kier alpha value is -2.28. The second kappa shape index (κ2) is 6.25. The number of carboxylic acids is 1. The molecular weight excluding hydrogens is 278 g/mol. The van der Waals surface area contributed by atoms with Crippen molar-refractivity contribution in [3.05, 3.63) is 46.0 Å². The van der Waals surface area contributed by atoms with Gasteiger partial charge in [-0.25, -0.2) is 4.79 Å². The van der Waals surface area contributed by atoms with Gasteiger partial charge in [0, 0.05) is 6.54 Å². The van der Waals surface area contributed by atoms with E-state index in [0.717, 1.165) is 17.1 Å². The van der Waals surface area contributed by atoms with Crippen molar-refractivity contribution in [2.75, 3.05) is 0 Å². The zero-order valence-electron chi connectivity index (χ0n) is 10.8. The highest BCUT2D eigenvalue weighted by molar-refractivity contribution is 7.08. The minimum Gasteiger partial charge on any atom is -0.478 e. The number of hydrogen-bond acceptors (Lipinski definition) is 5. The van der Waals surface area contributed by atoms with E-state index < -0.39 is 5.97 Å². The summed E-state index contributed by atoms with van der Waals surface area (Å²) >= 11 is 1.07. The Morgan fingerprint density at radius 2 is 2.00 bits per heavy atom. The topological polar surface area (TPSA) is 92.2 Å². The molecule has 2 aromatic rings. The summed E-state index contributed by atoms with van der Waals surface area (Å²) < 4.78 is 3.77. The zero-order valence-corrected chi connectivity index (χ0v) is 11.6. The van der Waals surface area contributed by atoms with E-state index in [-0.39, 0.29) is 11.5 Å². The number of hydrogen-bond donors (Lipinski definition) is 2. The summed E-state index contributed by atoms with van der Waals surface area (Å²) in [5.74, 6) is -1.18. The molecule has 2 rings (SSSR count). The second-order valence-corrected chi connectivity index (χ2v) is 4.84. The quantitative estimate of drug-likeness (QED) is 0.875. The molecule has 0 bridgehead atoms. The van der Waals surface area contributed by atoms with Crippen molar-refractivity contribution in [1.82, 2.24) is 14.9 Å². The van der Waals surface area contributed by atoms with Crippen LogP contribution < -0.4 is 5.32 Å². The van der Waals surface area contributed by atoms with Crippen molar-refractivity contribution < 1.29 is 14.7 Å². The lowest BCUT2D eigenvalue weighted by atomic mass is 10.1. The molecule has 2 N–H and O–H groups in total. The number of rotatable bonds is 5. The molecule has 1 amide bonds. The highest BCUT2D eigenvalue weighted by Gasteiger charge is 2.14. The van der Waals surface area contributed by atoms with E-state index in [1.165, 1.54) is 12.1 Å². The standard InChI is InChI=1S/C13H13N3O3S/c1-2-10-11(20-16-15-10)12(17)14-7-8-3-5-9(6-4-8)13(18)19/h3-6H,2,7H2,1H3,(H,14,17)(H,18,19). The van der Waals surface area contributed by atoms with E-state index in [9.17, 15) is 9.59 Å². The normalized spacial score (nSPS) is 10.2. The lowest BCUT2D eigenvalue weighted by Crippen LogP contribution is -2.22. The Bertz CT molecular complexity index is 622. The summed E-state index contributed by atoms with van der Waals surface area (Å²) in [4.78, 5) is 23.2. The molecule has 1 aromatic heterocycles. The molecule has 0 aliphatic rings. The number of benzene rings is 1. The van der Waals surface area contributed by atoms with Gasteiger partial charge in [-0.2, -0.15) is 0 Å². The molecule has 7 heteroatoms. The van der Waals surface area contributed by atoms with Crippen LogP contribution in [0.3, 0.4) is 0 Å². The van der Waals surface area contributed by atoms with Crippen LogP contribution in [0, 0.1) is 0 Å². The average molecular weight is 291 g/mol. The van der Waals surface area contributed by atoms with E-state index >= 15 is 0 Å². The summed E-state index contributed by atoms with van der Waals surface area (Å²) in [5.41, 5.74) is 1.74. The molecule has 0 aliphatic heterocycles. The van der Waals surface area contributed by atoms with Crippen molar-refractivity contribution in [2.45, 2.75) is 19.9 Å². The Labute approximate surface area is 119 Å². The third-order valence-corrected chi connectivity index (χ3v) is 3.52. The molecule has 0 unspecified atom stereocenters. The Kier molecular flexibility index (Phi) is 4.41. The van der Waals surface area contributed by atoms with Gasteiger partial charge in [0.15, 0.2) is 0 Å². The fourth-order valence-electron chi connectivity index (χ4n) is 1.64. The minimum absolute atomic E-state index is 0.209. The molecule has 0 fully saturated rings. The van der Waals surface area contributed by atoms with Gasteiger partial charge in [-0.15, -0.1) is 5.10 Å². The predicted molar refractivity (Wildman–Crippen MR) is 73.9 cm³/mol. The van der Waals surface area contributed by atoms with Crippen LogP contribution in [-0.4, -0.2) is 26.6 Å². The molecular formula is C13H13N3O3S. The Balaban J connectivity index is 1.98. The molecule has 20 heavy (non-hydrogen) atoms. The van der Waals surface area contributed by atoms with E-state index in [1.807, 2.05) is 6.92 Å². The van der Waals surface area contributed by atoms with Gasteiger partial charge in [0.05, 0.1) is 11.3 Å². The molecule has 0 spiro atoms. The van der Waals surface area contributed by atoms with Crippen molar-refractivity contribution in [3.8, 4) is 0 Å². The highest BCUT2D eigenvalue weighted by atomic mass is 32.1. The monoisotopic (exact) mass is 291 g/mol. The van der Waals surface area contributed by atoms with Crippen LogP contribution in [0.1, 0.15) is 38.2 Å². The summed E-state index contributed by atoms with van der Waals surface area (Å²) in [6.07, 6.45) is 0.659. The van der Waals surface area contributed by atoms with E-state index in [4.69, 9.17) is 5.11 Å². The maximum Gasteiger partial charge on any atom is 0.335 e. The van der Waals surface area contributed by atoms with Gasteiger partial charge < -0.3 is 10.4 Å². The maximum atomic E-state index is 12.0. The van der Waals surface area contributed by atoms with Crippen LogP contribution in [0.2, 0.25) is 0 Å². The van der Waals surface area contributed by atoms with Gasteiger partial charge in [-0.05, 0) is 35.6 Å². The lowest BCUT2D eigenvalue weighted by Gasteiger charge is -2.04. The van der Waals surface area contributed by atoms with Crippen molar-refractivity contribution in [2.24, 2.45) is 0 Å². The summed E-state index contributed by atoms with van der Waals surface area (Å²) in [5, 5.41) is 15.4. The third kappa shape index (κ3) is 3.18. The van der Waals surface area contributed by atoms with E-state index in [0.29, 0.717) is 23.5 Å². The van der Waals surface area contributed by atoms with Crippen molar-refractivity contribution in [3.63, 3.8) is 0 Å². The zero-order chi connectivity index (χ0) is 14.5. The number of carbonyl (C=O) groups is 2. The molecule has 0 aliphatic carbocycles. The van der Waals surface area contributed by atoms with Gasteiger partial charge in [-0.3, -0.25) is 4.79 Å². The average Bonchev–Trinajstić information content (AvgIpc) is 2.93. The van der Waals surface area contributed by atoms with Crippen molar-refractivity contribution in [1.29, 1.82) is 0 Å². The fourth-order valence-corrected chi connectivity index (χ4v) is 2.31. The highest BCUT2D eigenvalue weighted by Crippen LogP contribution is 2.11. The number of amides is 1. The lowest BCUT2D eigenvalue weighted by molar-refractivity contribution is 0.0696. The second-order valence-electron chi connectivity index (χ2n) is 4.09. The third-order valence-electron chi connectivity index (χ3n) is 2.75. The predicted octanol–water partition coefficient (Wildman–Crippen LogP) is 1.73. The van der Waals surface area contributed by atoms with E-state index in [1.54, 1.807) is 12.1 Å². The number of aromatic carboxylic acids is 1. The van der Waals surface area contributed by atoms with Gasteiger partial charge in [0.1, 0.15) is 4.88 Å². The minimum atomic E-state index is -0.969. The largest absolute Gasteiger partial charge is 0.478 e. The number of carboxylic acid groups (broad SMARTS) is 1. The van der Waals surface area contributed by atoms with E-state index in [2.05, 4.69) is 14.9 Å². The van der Waals surface area contributed by atoms with Crippen LogP contribution in [0.4, 0.5) is 0 Å². The molecule has 0 saturated heterocycles. The molecule has 1 heterocycles. The van der Waals surface area contributed by atoms with Crippen LogP contribution in [0.15, 0.2) is 24.3 Å². The first-order valence-corrected chi connectivity index (χ1v) is 6.80. The Morgan fingerprint density at radius 3 is 2.60 bits per heavy atom. The molecule has 0 saturated carbocycles. The first-order valence-electron chi connectivity index (χ1n) is 6.03. The number of nitrogens with zero attached hydrogens (tertiary/aromatic N) is 2. The smallest absolute Gasteiger partial charge is 0.335 e. The summed E-state index contributed by atoms with van der Waals surface area (Å²) in [7, 11) is 0. The van der Waals surface area contributed by atoms with Gasteiger partial charge in [0.25, 0.3) is 5.91 Å². The SMILES string of the molecule is CCc1nnsc1C(=O)NCc1ccc(C(=O)O)cc1. The first-order chi connectivity index (χ1) is 9.61. The summed E-state index contributed by atoms with van der Waals surface area (Å²) in [6.45, 7) is 2.25. The molecule has 6 nitrogen and oxygen atoms in total. The fraction of sp³-hybridized carbons (Fsp3) is 0.231. The van der Waals surface area contributed by atoms with Crippen LogP contribution >= 0.6 is 11.5 Å². The van der Waals surface area contributed by atoms with Crippen molar-refractivity contribution >= 4 is 23.4 Å². The molecule has 0 radical (unpaired) electrons. The van der Waals surface area contributed by atoms with Gasteiger partial charge in [-0.1, -0.05) is 23.5 Å². The number of carbonyl (C=O) groups excluding carboxylic acids is 1. The van der Waals surface area contributed by atoms with Crippen LogP contribution in [0.25, 0.3) is 0 Å². The number of aryl methyl sites for hydroxylation is 1. The number of aromatic nitrogens is 2. The first kappa shape index (κ1) is 14.1. The molecule has 1 aromatic carbocycles. The summed E-state index contributed by atoms with van der Waals surface area (Å²) in [6, 6.07) is 6.37.